The van der Waals surface area contributed by atoms with Gasteiger partial charge in [-0.2, -0.15) is 0 Å². The first-order valence-corrected chi connectivity index (χ1v) is 11.7. The minimum absolute atomic E-state index is 0.289. The predicted octanol–water partition coefficient (Wildman–Crippen LogP) is 5.90. The van der Waals surface area contributed by atoms with Gasteiger partial charge in [0.25, 0.3) is 0 Å². The number of hydrogen-bond donors (Lipinski definition) is 2. The van der Waals surface area contributed by atoms with E-state index in [-0.39, 0.29) is 5.56 Å². The van der Waals surface area contributed by atoms with Crippen molar-refractivity contribution in [1.29, 1.82) is 0 Å². The number of carbonyl (C=O) groups is 1. The predicted molar refractivity (Wildman–Crippen MR) is 131 cm³/mol. The summed E-state index contributed by atoms with van der Waals surface area (Å²) < 4.78 is 2.22. The molecular weight excluding hydrogens is 444 g/mol. The number of carboxylic acids is 1. The second-order valence-electron chi connectivity index (χ2n) is 7.50. The minimum atomic E-state index is -0.936. The van der Waals surface area contributed by atoms with Crippen LogP contribution in [0.2, 0.25) is 5.02 Å². The summed E-state index contributed by atoms with van der Waals surface area (Å²) in [7, 11) is 0. The van der Waals surface area contributed by atoms with Crippen molar-refractivity contribution in [1.82, 2.24) is 14.5 Å². The Morgan fingerprint density at radius 1 is 1.16 bits per heavy atom. The molecule has 0 radical (unpaired) electrons. The molecule has 0 amide bonds. The van der Waals surface area contributed by atoms with Crippen LogP contribution in [0.3, 0.4) is 0 Å². The fraction of sp³-hybridized carbons (Fsp3) is 0.208. The van der Waals surface area contributed by atoms with Crippen LogP contribution in [0.1, 0.15) is 21.6 Å². The van der Waals surface area contributed by atoms with Gasteiger partial charge in [0.1, 0.15) is 12.1 Å². The number of fused-ring (bicyclic) bond motifs is 1. The van der Waals surface area contributed by atoms with Crippen molar-refractivity contribution in [3.8, 4) is 11.3 Å². The highest BCUT2D eigenvalue weighted by Gasteiger charge is 2.13. The standard InChI is InChI=1S/C24H23ClN4O2S/c1-14-4-7-19(25)23-18(14)10-15(2)29(23)9-8-26-22-12-20(27-13-28-22)16-5-6-17(24(30)31)21(11-16)32-3/h4-7,10-13H,8-9H2,1-3H3,(H,30,31)(H,26,27,28). The number of aromatic nitrogens is 3. The third-order valence-corrected chi connectivity index (χ3v) is 6.55. The average Bonchev–Trinajstić information content (AvgIpc) is 3.13. The highest BCUT2D eigenvalue weighted by atomic mass is 35.5. The van der Waals surface area contributed by atoms with Crippen molar-refractivity contribution >= 4 is 46.1 Å². The maximum absolute atomic E-state index is 11.4. The molecule has 2 heterocycles. The number of nitrogens with zero attached hydrogens (tertiary/aromatic N) is 3. The lowest BCUT2D eigenvalue weighted by Crippen LogP contribution is -2.12. The summed E-state index contributed by atoms with van der Waals surface area (Å²) in [5, 5.41) is 14.6. The highest BCUT2D eigenvalue weighted by molar-refractivity contribution is 7.98. The molecule has 4 aromatic rings. The zero-order valence-corrected chi connectivity index (χ0v) is 19.6. The number of aromatic carboxylic acids is 1. The molecule has 0 bridgehead atoms. The summed E-state index contributed by atoms with van der Waals surface area (Å²) in [4.78, 5) is 20.8. The van der Waals surface area contributed by atoms with Crippen molar-refractivity contribution in [3.05, 3.63) is 70.6 Å². The Kier molecular flexibility index (Phi) is 6.39. The van der Waals surface area contributed by atoms with E-state index in [2.05, 4.69) is 39.8 Å². The molecule has 0 saturated heterocycles. The molecule has 0 fully saturated rings. The molecule has 4 rings (SSSR count). The Labute approximate surface area is 195 Å². The molecular formula is C24H23ClN4O2S. The Morgan fingerprint density at radius 2 is 1.97 bits per heavy atom. The van der Waals surface area contributed by atoms with Gasteiger partial charge in [0, 0.05) is 40.7 Å². The van der Waals surface area contributed by atoms with Crippen molar-refractivity contribution < 1.29 is 9.90 Å². The van der Waals surface area contributed by atoms with E-state index in [1.807, 2.05) is 30.5 Å². The van der Waals surface area contributed by atoms with Crippen LogP contribution in [-0.2, 0) is 6.54 Å². The van der Waals surface area contributed by atoms with E-state index < -0.39 is 5.97 Å². The van der Waals surface area contributed by atoms with Gasteiger partial charge in [-0.05, 0) is 49.9 Å². The number of aryl methyl sites for hydroxylation is 2. The number of hydrogen-bond acceptors (Lipinski definition) is 5. The minimum Gasteiger partial charge on any atom is -0.478 e. The number of halogens is 1. The summed E-state index contributed by atoms with van der Waals surface area (Å²) in [6.45, 7) is 5.58. The lowest BCUT2D eigenvalue weighted by molar-refractivity contribution is 0.0693. The maximum Gasteiger partial charge on any atom is 0.336 e. The topological polar surface area (TPSA) is 80.0 Å². The van der Waals surface area contributed by atoms with Gasteiger partial charge in [0.15, 0.2) is 0 Å². The quantitative estimate of drug-likeness (QED) is 0.330. The van der Waals surface area contributed by atoms with E-state index in [4.69, 9.17) is 11.6 Å². The third-order valence-electron chi connectivity index (χ3n) is 5.47. The molecule has 0 saturated carbocycles. The zero-order chi connectivity index (χ0) is 22.8. The van der Waals surface area contributed by atoms with Crippen molar-refractivity contribution in [2.75, 3.05) is 18.1 Å². The Bertz CT molecular complexity index is 1320. The lowest BCUT2D eigenvalue weighted by atomic mass is 10.1. The summed E-state index contributed by atoms with van der Waals surface area (Å²) in [5.41, 5.74) is 5.28. The van der Waals surface area contributed by atoms with Gasteiger partial charge in [-0.3, -0.25) is 0 Å². The first-order valence-electron chi connectivity index (χ1n) is 10.1. The molecule has 0 aliphatic rings. The second kappa shape index (κ2) is 9.22. The smallest absolute Gasteiger partial charge is 0.336 e. The first-order chi connectivity index (χ1) is 15.4. The summed E-state index contributed by atoms with van der Waals surface area (Å²) in [5.74, 6) is -0.228. The van der Waals surface area contributed by atoms with E-state index in [1.54, 1.807) is 12.1 Å². The number of thioether (sulfide) groups is 1. The monoisotopic (exact) mass is 466 g/mol. The highest BCUT2D eigenvalue weighted by Crippen LogP contribution is 2.30. The van der Waals surface area contributed by atoms with Gasteiger partial charge in [-0.15, -0.1) is 11.8 Å². The van der Waals surface area contributed by atoms with E-state index >= 15 is 0 Å². The number of nitrogens with one attached hydrogen (secondary N) is 1. The summed E-state index contributed by atoms with van der Waals surface area (Å²) in [6, 6.07) is 13.3. The third kappa shape index (κ3) is 4.31. The van der Waals surface area contributed by atoms with Gasteiger partial charge in [0.2, 0.25) is 0 Å². The SMILES string of the molecule is CSc1cc(-c2cc(NCCn3c(C)cc4c(C)ccc(Cl)c43)ncn2)ccc1C(=O)O. The van der Waals surface area contributed by atoms with Crippen LogP contribution in [0.25, 0.3) is 22.2 Å². The van der Waals surface area contributed by atoms with Crippen LogP contribution in [0.4, 0.5) is 5.82 Å². The molecule has 6 nitrogen and oxygen atoms in total. The van der Waals surface area contributed by atoms with Gasteiger partial charge in [-0.25, -0.2) is 14.8 Å². The number of carboxylic acid groups (broad SMARTS) is 1. The molecule has 0 aliphatic heterocycles. The second-order valence-corrected chi connectivity index (χ2v) is 8.75. The molecule has 2 aromatic heterocycles. The summed E-state index contributed by atoms with van der Waals surface area (Å²) in [6.07, 6.45) is 3.37. The largest absolute Gasteiger partial charge is 0.478 e. The Balaban J connectivity index is 1.53. The van der Waals surface area contributed by atoms with E-state index in [9.17, 15) is 9.90 Å². The number of rotatable bonds is 7. The van der Waals surface area contributed by atoms with Crippen molar-refractivity contribution in [2.45, 2.75) is 25.3 Å². The van der Waals surface area contributed by atoms with Crippen LogP contribution in [0, 0.1) is 13.8 Å². The molecule has 0 aliphatic carbocycles. The molecule has 0 atom stereocenters. The van der Waals surface area contributed by atoms with Crippen LogP contribution < -0.4 is 5.32 Å². The number of benzene rings is 2. The normalized spacial score (nSPS) is 11.1. The van der Waals surface area contributed by atoms with Crippen LogP contribution in [-0.4, -0.2) is 38.4 Å². The van der Waals surface area contributed by atoms with Gasteiger partial charge >= 0.3 is 5.97 Å². The van der Waals surface area contributed by atoms with E-state index in [0.29, 0.717) is 17.3 Å². The first kappa shape index (κ1) is 22.2. The zero-order valence-electron chi connectivity index (χ0n) is 18.0. The molecule has 32 heavy (non-hydrogen) atoms. The average molecular weight is 467 g/mol. The Morgan fingerprint density at radius 3 is 2.72 bits per heavy atom. The van der Waals surface area contributed by atoms with Crippen LogP contribution >= 0.6 is 23.4 Å². The van der Waals surface area contributed by atoms with E-state index in [1.165, 1.54) is 29.0 Å². The van der Waals surface area contributed by atoms with Gasteiger partial charge in [0.05, 0.1) is 21.8 Å². The summed E-state index contributed by atoms with van der Waals surface area (Å²) >= 11 is 7.89. The molecule has 0 unspecified atom stereocenters. The Hall–Kier alpha value is -3.03. The van der Waals surface area contributed by atoms with Gasteiger partial charge < -0.3 is 15.0 Å². The fourth-order valence-electron chi connectivity index (χ4n) is 3.82. The molecule has 0 spiro atoms. The van der Waals surface area contributed by atoms with E-state index in [0.717, 1.165) is 34.0 Å². The fourth-order valence-corrected chi connectivity index (χ4v) is 4.71. The molecule has 2 N–H and O–H groups in total. The lowest BCUT2D eigenvalue weighted by Gasteiger charge is -2.12. The van der Waals surface area contributed by atoms with Crippen molar-refractivity contribution in [3.63, 3.8) is 0 Å². The maximum atomic E-state index is 11.4. The molecule has 2 aromatic carbocycles. The molecule has 8 heteroatoms. The van der Waals surface area contributed by atoms with Crippen LogP contribution in [0.5, 0.6) is 0 Å². The number of anilines is 1. The van der Waals surface area contributed by atoms with Gasteiger partial charge in [-0.1, -0.05) is 23.7 Å². The molecule has 164 valence electrons. The van der Waals surface area contributed by atoms with Crippen molar-refractivity contribution in [2.24, 2.45) is 0 Å². The van der Waals surface area contributed by atoms with Crippen LogP contribution in [0.15, 0.2) is 53.7 Å².